The van der Waals surface area contributed by atoms with Gasteiger partial charge in [0.2, 0.25) is 11.6 Å². The third-order valence-electron chi connectivity index (χ3n) is 2.81. The first-order chi connectivity index (χ1) is 10.1. The Morgan fingerprint density at radius 1 is 1.10 bits per heavy atom. The molecule has 21 heavy (non-hydrogen) atoms. The number of aryl methyl sites for hydroxylation is 1. The van der Waals surface area contributed by atoms with Gasteiger partial charge in [-0.2, -0.15) is 0 Å². The number of methoxy groups -OCH3 is 3. The maximum absolute atomic E-state index is 12.2. The first-order valence-electron chi connectivity index (χ1n) is 6.01. The van der Waals surface area contributed by atoms with Crippen molar-refractivity contribution < 1.29 is 23.6 Å². The molecule has 8 nitrogen and oxygen atoms in total. The summed E-state index contributed by atoms with van der Waals surface area (Å²) in [5.41, 5.74) is 0.808. The van der Waals surface area contributed by atoms with Crippen LogP contribution in [0.4, 0.5) is 5.82 Å². The molecule has 0 aliphatic carbocycles. The van der Waals surface area contributed by atoms with Crippen LogP contribution >= 0.6 is 0 Å². The first kappa shape index (κ1) is 14.6. The molecule has 0 aliphatic rings. The van der Waals surface area contributed by atoms with Crippen LogP contribution in [0.5, 0.6) is 17.2 Å². The predicted molar refractivity (Wildman–Crippen MR) is 73.1 cm³/mol. The smallest absolute Gasteiger partial charge is 0.257 e. The summed E-state index contributed by atoms with van der Waals surface area (Å²) in [4.78, 5) is 12.2. The molecular formula is C13H15N3O5. The lowest BCUT2D eigenvalue weighted by molar-refractivity contribution is 0.102. The molecule has 0 fully saturated rings. The predicted octanol–water partition coefficient (Wildman–Crippen LogP) is 1.66. The largest absolute Gasteiger partial charge is 0.493 e. The van der Waals surface area contributed by atoms with Crippen LogP contribution in [0.2, 0.25) is 0 Å². The summed E-state index contributed by atoms with van der Waals surface area (Å²) in [7, 11) is 4.44. The van der Waals surface area contributed by atoms with Crippen molar-refractivity contribution in [3.05, 3.63) is 23.4 Å². The highest BCUT2D eigenvalue weighted by atomic mass is 16.6. The number of hydrogen-bond acceptors (Lipinski definition) is 7. The Balaban J connectivity index is 2.35. The van der Waals surface area contributed by atoms with Crippen LogP contribution in [0.1, 0.15) is 16.1 Å². The minimum absolute atomic E-state index is 0.258. The molecule has 0 bridgehead atoms. The lowest BCUT2D eigenvalue weighted by Gasteiger charge is -2.13. The SMILES string of the molecule is COc1cc(C(=O)Nc2nonc2C)cc(OC)c1OC. The van der Waals surface area contributed by atoms with E-state index in [0.717, 1.165) is 0 Å². The second-order valence-electron chi connectivity index (χ2n) is 4.07. The zero-order chi connectivity index (χ0) is 15.4. The molecule has 0 unspecified atom stereocenters. The lowest BCUT2D eigenvalue weighted by Crippen LogP contribution is -2.13. The number of carbonyl (C=O) groups excluding carboxylic acids is 1. The van der Waals surface area contributed by atoms with Crippen LogP contribution in [0, 0.1) is 6.92 Å². The van der Waals surface area contributed by atoms with Gasteiger partial charge in [0.1, 0.15) is 5.69 Å². The molecule has 2 rings (SSSR count). The van der Waals surface area contributed by atoms with Gasteiger partial charge in [-0.15, -0.1) is 0 Å². The van der Waals surface area contributed by atoms with Gasteiger partial charge in [0, 0.05) is 5.56 Å². The molecule has 0 aliphatic heterocycles. The summed E-state index contributed by atoms with van der Waals surface area (Å²) in [5, 5.41) is 9.77. The molecule has 1 N–H and O–H groups in total. The third kappa shape index (κ3) is 2.88. The van der Waals surface area contributed by atoms with Crippen molar-refractivity contribution in [3.8, 4) is 17.2 Å². The number of amides is 1. The van der Waals surface area contributed by atoms with E-state index >= 15 is 0 Å². The number of hydrogen-bond donors (Lipinski definition) is 1. The van der Waals surface area contributed by atoms with Crippen LogP contribution in [-0.2, 0) is 0 Å². The van der Waals surface area contributed by atoms with Gasteiger partial charge in [-0.05, 0) is 24.2 Å². The fraction of sp³-hybridized carbons (Fsp3) is 0.308. The van der Waals surface area contributed by atoms with Crippen LogP contribution in [0.15, 0.2) is 16.8 Å². The molecule has 0 atom stereocenters. The van der Waals surface area contributed by atoms with Crippen molar-refractivity contribution in [2.24, 2.45) is 0 Å². The molecule has 112 valence electrons. The number of anilines is 1. The number of rotatable bonds is 5. The summed E-state index contributed by atoms with van der Waals surface area (Å²) < 4.78 is 20.1. The van der Waals surface area contributed by atoms with Crippen molar-refractivity contribution in [1.29, 1.82) is 0 Å². The highest BCUT2D eigenvalue weighted by Crippen LogP contribution is 2.38. The van der Waals surface area contributed by atoms with Gasteiger partial charge < -0.3 is 19.5 Å². The quantitative estimate of drug-likeness (QED) is 0.895. The van der Waals surface area contributed by atoms with E-state index < -0.39 is 5.91 Å². The fourth-order valence-corrected chi connectivity index (χ4v) is 1.74. The summed E-state index contributed by atoms with van der Waals surface area (Å²) in [6, 6.07) is 3.08. The highest BCUT2D eigenvalue weighted by Gasteiger charge is 2.18. The maximum atomic E-state index is 12.2. The fourth-order valence-electron chi connectivity index (χ4n) is 1.74. The molecule has 1 heterocycles. The normalized spacial score (nSPS) is 10.1. The number of aromatic nitrogens is 2. The maximum Gasteiger partial charge on any atom is 0.257 e. The van der Waals surface area contributed by atoms with Gasteiger partial charge in [-0.3, -0.25) is 4.79 Å². The second-order valence-corrected chi connectivity index (χ2v) is 4.07. The van der Waals surface area contributed by atoms with Crippen molar-refractivity contribution in [1.82, 2.24) is 10.3 Å². The van der Waals surface area contributed by atoms with Crippen LogP contribution in [0.3, 0.4) is 0 Å². The van der Waals surface area contributed by atoms with E-state index in [2.05, 4.69) is 20.3 Å². The van der Waals surface area contributed by atoms with Crippen molar-refractivity contribution in [2.45, 2.75) is 6.92 Å². The summed E-state index contributed by atoms with van der Waals surface area (Å²) in [6.07, 6.45) is 0. The van der Waals surface area contributed by atoms with Crippen LogP contribution in [0.25, 0.3) is 0 Å². The molecule has 1 aromatic carbocycles. The van der Waals surface area contributed by atoms with Crippen LogP contribution < -0.4 is 19.5 Å². The topological polar surface area (TPSA) is 95.7 Å². The number of ether oxygens (including phenoxy) is 3. The van der Waals surface area contributed by atoms with Gasteiger partial charge >= 0.3 is 0 Å². The van der Waals surface area contributed by atoms with Crippen LogP contribution in [-0.4, -0.2) is 37.5 Å². The molecule has 1 amide bonds. The number of benzene rings is 1. The second kappa shape index (κ2) is 6.12. The van der Waals surface area contributed by atoms with E-state index in [1.165, 1.54) is 21.3 Å². The zero-order valence-corrected chi connectivity index (χ0v) is 12.1. The minimum Gasteiger partial charge on any atom is -0.493 e. The Morgan fingerprint density at radius 3 is 2.14 bits per heavy atom. The number of nitrogens with one attached hydrogen (secondary N) is 1. The minimum atomic E-state index is -0.395. The van der Waals surface area contributed by atoms with Gasteiger partial charge in [0.05, 0.1) is 21.3 Å². The van der Waals surface area contributed by atoms with E-state index in [4.69, 9.17) is 14.2 Å². The van der Waals surface area contributed by atoms with E-state index in [-0.39, 0.29) is 5.82 Å². The van der Waals surface area contributed by atoms with Gasteiger partial charge in [0.15, 0.2) is 11.5 Å². The Hall–Kier alpha value is -2.77. The van der Waals surface area contributed by atoms with Gasteiger partial charge in [-0.25, -0.2) is 4.63 Å². The molecule has 2 aromatic rings. The molecular weight excluding hydrogens is 278 g/mol. The van der Waals surface area contributed by atoms with Crippen molar-refractivity contribution in [3.63, 3.8) is 0 Å². The zero-order valence-electron chi connectivity index (χ0n) is 12.1. The first-order valence-corrected chi connectivity index (χ1v) is 6.01. The lowest BCUT2D eigenvalue weighted by atomic mass is 10.1. The monoisotopic (exact) mass is 293 g/mol. The standard InChI is InChI=1S/C13H15N3O5/c1-7-12(16-21-15-7)14-13(17)8-5-9(18-2)11(20-4)10(6-8)19-3/h5-6H,1-4H3,(H,14,16,17). The summed E-state index contributed by atoms with van der Waals surface area (Å²) in [5.74, 6) is 1.05. The van der Waals surface area contributed by atoms with E-state index in [1.807, 2.05) is 0 Å². The molecule has 1 aromatic heterocycles. The van der Waals surface area contributed by atoms with Gasteiger partial charge in [-0.1, -0.05) is 5.16 Å². The highest BCUT2D eigenvalue weighted by molar-refractivity contribution is 6.04. The van der Waals surface area contributed by atoms with E-state index in [0.29, 0.717) is 28.5 Å². The molecule has 0 saturated heterocycles. The van der Waals surface area contributed by atoms with E-state index in [9.17, 15) is 4.79 Å². The number of nitrogens with zero attached hydrogens (tertiary/aromatic N) is 2. The summed E-state index contributed by atoms with van der Waals surface area (Å²) >= 11 is 0. The molecule has 0 radical (unpaired) electrons. The average Bonchev–Trinajstić information content (AvgIpc) is 2.90. The molecule has 0 saturated carbocycles. The van der Waals surface area contributed by atoms with Crippen molar-refractivity contribution in [2.75, 3.05) is 26.6 Å². The van der Waals surface area contributed by atoms with E-state index in [1.54, 1.807) is 19.1 Å². The Bertz CT molecular complexity index is 628. The van der Waals surface area contributed by atoms with Gasteiger partial charge in [0.25, 0.3) is 5.91 Å². The Morgan fingerprint density at radius 2 is 1.71 bits per heavy atom. The number of carbonyl (C=O) groups is 1. The molecule has 0 spiro atoms. The van der Waals surface area contributed by atoms with Crippen molar-refractivity contribution >= 4 is 11.7 Å². The molecule has 8 heteroatoms. The Kier molecular flexibility index (Phi) is 4.27. The average molecular weight is 293 g/mol. The Labute approximate surface area is 121 Å². The third-order valence-corrected chi connectivity index (χ3v) is 2.81. The summed E-state index contributed by atoms with van der Waals surface area (Å²) in [6.45, 7) is 1.67.